The second kappa shape index (κ2) is 6.57. The van der Waals surface area contributed by atoms with E-state index in [1.165, 1.54) is 13.8 Å². The summed E-state index contributed by atoms with van der Waals surface area (Å²) in [7, 11) is 0. The fourth-order valence-electron chi connectivity index (χ4n) is 2.65. The van der Waals surface area contributed by atoms with Crippen LogP contribution in [0.2, 0.25) is 0 Å². The van der Waals surface area contributed by atoms with Crippen LogP contribution in [0.4, 0.5) is 0 Å². The zero-order valence-corrected chi connectivity index (χ0v) is 12.6. The average Bonchev–Trinajstić information content (AvgIpc) is 2.40. The van der Waals surface area contributed by atoms with Crippen molar-refractivity contribution in [3.8, 4) is 0 Å². The minimum Gasteiger partial charge on any atom is -0.458 e. The molecule has 0 fully saturated rings. The molecule has 0 heterocycles. The van der Waals surface area contributed by atoms with Crippen molar-refractivity contribution in [3.63, 3.8) is 0 Å². The minimum absolute atomic E-state index is 0.260. The van der Waals surface area contributed by atoms with Crippen LogP contribution in [-0.2, 0) is 19.1 Å². The smallest absolute Gasteiger partial charge is 0.303 e. The van der Waals surface area contributed by atoms with Crippen LogP contribution in [0, 0.1) is 6.92 Å². The molecular weight excluding hydrogens is 268 g/mol. The molecular formula is C17H20O4. The number of benzene rings is 1. The second-order valence-corrected chi connectivity index (χ2v) is 5.26. The molecule has 0 unspecified atom stereocenters. The standard InChI is InChI=1S/C17H20O4/c1-11-6-4-5-7-15(11)16-10-14(20-12(2)18)8-9-17(16)21-13(3)19/h4-7,10,14,17H,8-9H2,1-3H3/t14-,17+/m0/s1. The Morgan fingerprint density at radius 3 is 2.33 bits per heavy atom. The van der Waals surface area contributed by atoms with E-state index >= 15 is 0 Å². The van der Waals surface area contributed by atoms with Gasteiger partial charge in [-0.3, -0.25) is 9.59 Å². The largest absolute Gasteiger partial charge is 0.458 e. The maximum Gasteiger partial charge on any atom is 0.303 e. The van der Waals surface area contributed by atoms with E-state index in [-0.39, 0.29) is 24.1 Å². The maximum atomic E-state index is 11.3. The Bertz CT molecular complexity index is 574. The first-order chi connectivity index (χ1) is 9.97. The van der Waals surface area contributed by atoms with Crippen LogP contribution in [0.3, 0.4) is 0 Å². The second-order valence-electron chi connectivity index (χ2n) is 5.26. The van der Waals surface area contributed by atoms with Crippen molar-refractivity contribution in [2.45, 2.75) is 45.8 Å². The summed E-state index contributed by atoms with van der Waals surface area (Å²) in [5, 5.41) is 0. The summed E-state index contributed by atoms with van der Waals surface area (Å²) in [6.45, 7) is 4.82. The van der Waals surface area contributed by atoms with Gasteiger partial charge in [-0.05, 0) is 42.5 Å². The lowest BCUT2D eigenvalue weighted by Crippen LogP contribution is -2.28. The van der Waals surface area contributed by atoms with E-state index in [2.05, 4.69) is 0 Å². The predicted molar refractivity (Wildman–Crippen MR) is 79.5 cm³/mol. The minimum atomic E-state index is -0.301. The van der Waals surface area contributed by atoms with Crippen LogP contribution in [0.1, 0.15) is 37.8 Å². The molecule has 0 spiro atoms. The summed E-state index contributed by atoms with van der Waals surface area (Å²) in [5.41, 5.74) is 3.05. The van der Waals surface area contributed by atoms with Gasteiger partial charge in [0.15, 0.2) is 0 Å². The monoisotopic (exact) mass is 288 g/mol. The molecule has 1 aliphatic carbocycles. The van der Waals surface area contributed by atoms with Crippen molar-refractivity contribution < 1.29 is 19.1 Å². The Balaban J connectivity index is 2.36. The van der Waals surface area contributed by atoms with Gasteiger partial charge < -0.3 is 9.47 Å². The maximum absolute atomic E-state index is 11.3. The van der Waals surface area contributed by atoms with E-state index in [0.29, 0.717) is 12.8 Å². The first kappa shape index (κ1) is 15.3. The molecule has 2 atom stereocenters. The number of hydrogen-bond donors (Lipinski definition) is 0. The molecule has 21 heavy (non-hydrogen) atoms. The molecule has 4 nitrogen and oxygen atoms in total. The average molecular weight is 288 g/mol. The molecule has 1 aliphatic rings. The molecule has 4 heteroatoms. The zero-order chi connectivity index (χ0) is 15.4. The summed E-state index contributed by atoms with van der Waals surface area (Å²) < 4.78 is 10.7. The lowest BCUT2D eigenvalue weighted by molar-refractivity contribution is -0.148. The van der Waals surface area contributed by atoms with E-state index in [9.17, 15) is 9.59 Å². The Labute approximate surface area is 124 Å². The van der Waals surface area contributed by atoms with Crippen LogP contribution in [0.5, 0.6) is 0 Å². The van der Waals surface area contributed by atoms with Crippen LogP contribution in [0.25, 0.3) is 5.57 Å². The third-order valence-electron chi connectivity index (χ3n) is 3.51. The fourth-order valence-corrected chi connectivity index (χ4v) is 2.65. The Morgan fingerprint density at radius 2 is 1.71 bits per heavy atom. The summed E-state index contributed by atoms with van der Waals surface area (Å²) in [4.78, 5) is 22.4. The highest BCUT2D eigenvalue weighted by Crippen LogP contribution is 2.32. The summed E-state index contributed by atoms with van der Waals surface area (Å²) >= 11 is 0. The highest BCUT2D eigenvalue weighted by atomic mass is 16.5. The molecule has 2 rings (SSSR count). The summed E-state index contributed by atoms with van der Waals surface area (Å²) in [5.74, 6) is -0.600. The van der Waals surface area contributed by atoms with Gasteiger partial charge in [-0.25, -0.2) is 0 Å². The molecule has 0 amide bonds. The third-order valence-corrected chi connectivity index (χ3v) is 3.51. The van der Waals surface area contributed by atoms with Crippen molar-refractivity contribution in [1.82, 2.24) is 0 Å². The third kappa shape index (κ3) is 3.94. The van der Waals surface area contributed by atoms with E-state index in [4.69, 9.17) is 9.47 Å². The summed E-state index contributed by atoms with van der Waals surface area (Å²) in [6, 6.07) is 7.92. The van der Waals surface area contributed by atoms with Crippen molar-refractivity contribution in [2.75, 3.05) is 0 Å². The van der Waals surface area contributed by atoms with Gasteiger partial charge in [-0.1, -0.05) is 24.3 Å². The fraction of sp³-hybridized carbons (Fsp3) is 0.412. The van der Waals surface area contributed by atoms with Gasteiger partial charge in [0, 0.05) is 13.8 Å². The number of hydrogen-bond acceptors (Lipinski definition) is 4. The number of aryl methyl sites for hydroxylation is 1. The molecule has 1 aromatic carbocycles. The molecule has 0 aromatic heterocycles. The lowest BCUT2D eigenvalue weighted by Gasteiger charge is -2.29. The molecule has 0 aliphatic heterocycles. The molecule has 0 radical (unpaired) electrons. The highest BCUT2D eigenvalue weighted by molar-refractivity contribution is 5.76. The molecule has 0 N–H and O–H groups in total. The first-order valence-corrected chi connectivity index (χ1v) is 7.09. The van der Waals surface area contributed by atoms with Gasteiger partial charge >= 0.3 is 11.9 Å². The van der Waals surface area contributed by atoms with Crippen LogP contribution < -0.4 is 0 Å². The lowest BCUT2D eigenvalue weighted by atomic mass is 9.87. The summed E-state index contributed by atoms with van der Waals surface area (Å²) in [6.07, 6.45) is 2.67. The van der Waals surface area contributed by atoms with E-state index in [0.717, 1.165) is 16.7 Å². The van der Waals surface area contributed by atoms with E-state index in [1.807, 2.05) is 37.3 Å². The highest BCUT2D eigenvalue weighted by Gasteiger charge is 2.28. The number of carbonyl (C=O) groups excluding carboxylic acids is 2. The Kier molecular flexibility index (Phi) is 4.78. The molecule has 1 aromatic rings. The van der Waals surface area contributed by atoms with Crippen molar-refractivity contribution in [1.29, 1.82) is 0 Å². The van der Waals surface area contributed by atoms with Gasteiger partial charge in [0.2, 0.25) is 0 Å². The van der Waals surface area contributed by atoms with Crippen LogP contribution >= 0.6 is 0 Å². The van der Waals surface area contributed by atoms with E-state index < -0.39 is 0 Å². The van der Waals surface area contributed by atoms with Gasteiger partial charge in [-0.15, -0.1) is 0 Å². The van der Waals surface area contributed by atoms with Crippen molar-refractivity contribution in [3.05, 3.63) is 41.5 Å². The zero-order valence-electron chi connectivity index (χ0n) is 12.6. The molecule has 0 saturated carbocycles. The molecule has 0 bridgehead atoms. The normalized spacial score (nSPS) is 21.4. The first-order valence-electron chi connectivity index (χ1n) is 7.09. The number of rotatable bonds is 3. The van der Waals surface area contributed by atoms with Crippen LogP contribution in [0.15, 0.2) is 30.3 Å². The Hall–Kier alpha value is -2.10. The molecule has 0 saturated heterocycles. The van der Waals surface area contributed by atoms with Crippen LogP contribution in [-0.4, -0.2) is 24.1 Å². The SMILES string of the molecule is CC(=O)O[C@@H]1C=C(c2ccccc2C)[C@H](OC(C)=O)CC1. The number of esters is 2. The topological polar surface area (TPSA) is 52.6 Å². The predicted octanol–water partition coefficient (Wildman–Crippen LogP) is 3.04. The van der Waals surface area contributed by atoms with Crippen molar-refractivity contribution >= 4 is 17.5 Å². The van der Waals surface area contributed by atoms with Gasteiger partial charge in [0.05, 0.1) is 0 Å². The van der Waals surface area contributed by atoms with Crippen molar-refractivity contribution in [2.24, 2.45) is 0 Å². The number of ether oxygens (including phenoxy) is 2. The van der Waals surface area contributed by atoms with Gasteiger partial charge in [0.1, 0.15) is 12.2 Å². The quantitative estimate of drug-likeness (QED) is 0.802. The molecule has 112 valence electrons. The number of carbonyl (C=O) groups is 2. The Morgan fingerprint density at radius 1 is 1.05 bits per heavy atom. The van der Waals surface area contributed by atoms with Gasteiger partial charge in [0.25, 0.3) is 0 Å². The van der Waals surface area contributed by atoms with E-state index in [1.54, 1.807) is 0 Å². The van der Waals surface area contributed by atoms with Gasteiger partial charge in [-0.2, -0.15) is 0 Å².